The first kappa shape index (κ1) is 13.6. The van der Waals surface area contributed by atoms with Gasteiger partial charge in [-0.3, -0.25) is 4.79 Å². The molecule has 17 heavy (non-hydrogen) atoms. The highest BCUT2D eigenvalue weighted by Crippen LogP contribution is 2.20. The maximum absolute atomic E-state index is 10.8. The Balaban J connectivity index is 2.89. The smallest absolute Gasteiger partial charge is 0.323 e. The molecule has 0 atom stereocenters. The average molecular weight is 254 g/mol. The van der Waals surface area contributed by atoms with Crippen molar-refractivity contribution in [1.29, 1.82) is 0 Å². The van der Waals surface area contributed by atoms with Gasteiger partial charge in [0.15, 0.2) is 0 Å². The molecule has 0 heterocycles. The van der Waals surface area contributed by atoms with Crippen LogP contribution in [-0.4, -0.2) is 24.2 Å². The molecule has 0 aliphatic carbocycles. The lowest BCUT2D eigenvalue weighted by Gasteiger charge is -2.23. The number of benzene rings is 1. The minimum absolute atomic E-state index is 0.0562. The first-order valence-corrected chi connectivity index (χ1v) is 5.79. The summed E-state index contributed by atoms with van der Waals surface area (Å²) in [5.41, 5.74) is 1.79. The lowest BCUT2D eigenvalue weighted by molar-refractivity contribution is -0.135. The molecule has 0 bridgehead atoms. The second kappa shape index (κ2) is 6.30. The maximum atomic E-state index is 10.8. The number of carboxylic acids is 1. The van der Waals surface area contributed by atoms with Crippen molar-refractivity contribution in [2.24, 2.45) is 0 Å². The quantitative estimate of drug-likeness (QED) is 0.792. The van der Waals surface area contributed by atoms with E-state index < -0.39 is 5.97 Å². The van der Waals surface area contributed by atoms with E-state index in [9.17, 15) is 4.79 Å². The summed E-state index contributed by atoms with van der Waals surface area (Å²) in [5, 5.41) is 9.49. The third-order valence-corrected chi connectivity index (χ3v) is 2.65. The van der Waals surface area contributed by atoms with Crippen molar-refractivity contribution in [3.8, 4) is 0 Å². The van der Waals surface area contributed by atoms with Crippen LogP contribution in [0.15, 0.2) is 36.4 Å². The van der Waals surface area contributed by atoms with Crippen LogP contribution in [0, 0.1) is 0 Å². The highest BCUT2D eigenvalue weighted by molar-refractivity contribution is 6.30. The number of carboxylic acid groups (broad SMARTS) is 1. The molecule has 0 amide bonds. The minimum Gasteiger partial charge on any atom is -0.480 e. The van der Waals surface area contributed by atoms with Gasteiger partial charge in [0, 0.05) is 17.3 Å². The van der Waals surface area contributed by atoms with Gasteiger partial charge >= 0.3 is 5.97 Å². The molecule has 3 nitrogen and oxygen atoms in total. The van der Waals surface area contributed by atoms with Gasteiger partial charge in [0.25, 0.3) is 0 Å². The van der Waals surface area contributed by atoms with Crippen molar-refractivity contribution in [1.82, 2.24) is 0 Å². The highest BCUT2D eigenvalue weighted by Gasteiger charge is 2.11. The molecular weight excluding hydrogens is 238 g/mol. The number of aliphatic carboxylic acids is 1. The fraction of sp³-hybridized carbons (Fsp3) is 0.308. The molecule has 92 valence electrons. The lowest BCUT2D eigenvalue weighted by atomic mass is 10.2. The van der Waals surface area contributed by atoms with Crippen molar-refractivity contribution < 1.29 is 9.90 Å². The summed E-state index contributed by atoms with van der Waals surface area (Å²) in [6.07, 6.45) is 0.830. The monoisotopic (exact) mass is 253 g/mol. The van der Waals surface area contributed by atoms with E-state index in [2.05, 4.69) is 6.58 Å². The van der Waals surface area contributed by atoms with Gasteiger partial charge in [0.2, 0.25) is 0 Å². The van der Waals surface area contributed by atoms with Crippen LogP contribution in [0.2, 0.25) is 5.02 Å². The number of nitrogens with zero attached hydrogens (tertiary/aromatic N) is 1. The predicted molar refractivity (Wildman–Crippen MR) is 70.7 cm³/mol. The number of hydrogen-bond acceptors (Lipinski definition) is 2. The molecule has 0 saturated heterocycles. The molecule has 1 rings (SSSR count). The predicted octanol–water partition coefficient (Wildman–Crippen LogP) is 3.20. The number of rotatable bonds is 6. The van der Waals surface area contributed by atoms with E-state index in [-0.39, 0.29) is 6.54 Å². The summed E-state index contributed by atoms with van der Waals surface area (Å²) in [6, 6.07) is 7.17. The normalized spacial score (nSPS) is 10.0. The van der Waals surface area contributed by atoms with E-state index in [1.165, 1.54) is 0 Å². The SMILES string of the molecule is C=C(CC)CN(CC(=O)O)c1cccc(Cl)c1. The molecule has 0 aliphatic rings. The summed E-state index contributed by atoms with van der Waals surface area (Å²) < 4.78 is 0. The summed E-state index contributed by atoms with van der Waals surface area (Å²) >= 11 is 5.90. The Morgan fingerprint density at radius 3 is 2.71 bits per heavy atom. The fourth-order valence-electron chi connectivity index (χ4n) is 1.46. The largest absolute Gasteiger partial charge is 0.480 e. The van der Waals surface area contributed by atoms with E-state index in [1.54, 1.807) is 23.1 Å². The Kier molecular flexibility index (Phi) is 5.04. The Labute approximate surface area is 106 Å². The van der Waals surface area contributed by atoms with Gasteiger partial charge in [0.05, 0.1) is 0 Å². The number of hydrogen-bond donors (Lipinski definition) is 1. The third-order valence-electron chi connectivity index (χ3n) is 2.41. The van der Waals surface area contributed by atoms with Gasteiger partial charge in [-0.05, 0) is 24.6 Å². The van der Waals surface area contributed by atoms with Crippen LogP contribution in [-0.2, 0) is 4.79 Å². The molecule has 0 aromatic heterocycles. The lowest BCUT2D eigenvalue weighted by Crippen LogP contribution is -2.31. The fourth-order valence-corrected chi connectivity index (χ4v) is 1.64. The third kappa shape index (κ3) is 4.49. The van der Waals surface area contributed by atoms with Crippen molar-refractivity contribution in [2.45, 2.75) is 13.3 Å². The molecule has 0 unspecified atom stereocenters. The zero-order valence-electron chi connectivity index (χ0n) is 9.82. The zero-order valence-corrected chi connectivity index (χ0v) is 10.6. The summed E-state index contributed by atoms with van der Waals surface area (Å²) in [4.78, 5) is 12.6. The molecule has 0 saturated carbocycles. The number of carbonyl (C=O) groups is 1. The van der Waals surface area contributed by atoms with Crippen LogP contribution >= 0.6 is 11.6 Å². The zero-order chi connectivity index (χ0) is 12.8. The van der Waals surface area contributed by atoms with Crippen LogP contribution in [0.1, 0.15) is 13.3 Å². The molecule has 4 heteroatoms. The average Bonchev–Trinajstić information content (AvgIpc) is 2.27. The van der Waals surface area contributed by atoms with Crippen molar-refractivity contribution in [3.63, 3.8) is 0 Å². The number of halogens is 1. The van der Waals surface area contributed by atoms with Crippen molar-refractivity contribution in [2.75, 3.05) is 18.0 Å². The maximum Gasteiger partial charge on any atom is 0.323 e. The van der Waals surface area contributed by atoms with Gasteiger partial charge in [0.1, 0.15) is 6.54 Å². The van der Waals surface area contributed by atoms with E-state index in [1.807, 2.05) is 13.0 Å². The van der Waals surface area contributed by atoms with E-state index >= 15 is 0 Å². The second-order valence-corrected chi connectivity index (χ2v) is 4.27. The van der Waals surface area contributed by atoms with Gasteiger partial charge in [-0.2, -0.15) is 0 Å². The minimum atomic E-state index is -0.867. The summed E-state index contributed by atoms with van der Waals surface area (Å²) in [6.45, 7) is 6.37. The van der Waals surface area contributed by atoms with Gasteiger partial charge in [-0.25, -0.2) is 0 Å². The highest BCUT2D eigenvalue weighted by atomic mass is 35.5. The molecule has 1 N–H and O–H groups in total. The van der Waals surface area contributed by atoms with Crippen molar-refractivity contribution >= 4 is 23.3 Å². The molecule has 1 aromatic rings. The van der Waals surface area contributed by atoms with Crippen LogP contribution in [0.25, 0.3) is 0 Å². The topological polar surface area (TPSA) is 40.5 Å². The second-order valence-electron chi connectivity index (χ2n) is 3.83. The van der Waals surface area contributed by atoms with Crippen LogP contribution < -0.4 is 4.90 Å². The van der Waals surface area contributed by atoms with Crippen LogP contribution in [0.3, 0.4) is 0 Å². The van der Waals surface area contributed by atoms with E-state index in [0.29, 0.717) is 11.6 Å². The van der Waals surface area contributed by atoms with Crippen LogP contribution in [0.5, 0.6) is 0 Å². The molecule has 0 aliphatic heterocycles. The van der Waals surface area contributed by atoms with Gasteiger partial charge in [-0.15, -0.1) is 0 Å². The Morgan fingerprint density at radius 2 is 2.18 bits per heavy atom. The standard InChI is InChI=1S/C13H16ClNO2/c1-3-10(2)8-15(9-13(16)17)12-6-4-5-11(14)7-12/h4-7H,2-3,8-9H2,1H3,(H,16,17). The first-order valence-electron chi connectivity index (χ1n) is 5.42. The molecule has 1 aromatic carbocycles. The van der Waals surface area contributed by atoms with Crippen molar-refractivity contribution in [3.05, 3.63) is 41.4 Å². The van der Waals surface area contributed by atoms with E-state index in [4.69, 9.17) is 16.7 Å². The summed E-state index contributed by atoms with van der Waals surface area (Å²) in [7, 11) is 0. The molecular formula is C13H16ClNO2. The molecule has 0 radical (unpaired) electrons. The molecule has 0 fully saturated rings. The Hall–Kier alpha value is -1.48. The van der Waals surface area contributed by atoms with E-state index in [0.717, 1.165) is 17.7 Å². The Bertz CT molecular complexity index is 418. The van der Waals surface area contributed by atoms with Gasteiger partial charge in [-0.1, -0.05) is 36.7 Å². The first-order chi connectivity index (χ1) is 8.02. The number of anilines is 1. The molecule has 0 spiro atoms. The summed E-state index contributed by atoms with van der Waals surface area (Å²) in [5.74, 6) is -0.867. The Morgan fingerprint density at radius 1 is 1.47 bits per heavy atom. The van der Waals surface area contributed by atoms with Gasteiger partial charge < -0.3 is 10.0 Å². The van der Waals surface area contributed by atoms with Crippen LogP contribution in [0.4, 0.5) is 5.69 Å².